The lowest BCUT2D eigenvalue weighted by molar-refractivity contribution is -0.122. The molecule has 3 atom stereocenters. The van der Waals surface area contributed by atoms with Crippen molar-refractivity contribution in [2.24, 2.45) is 5.92 Å². The van der Waals surface area contributed by atoms with Crippen LogP contribution in [0.2, 0.25) is 0 Å². The minimum Gasteiger partial charge on any atom is -0.494 e. The van der Waals surface area contributed by atoms with Crippen LogP contribution < -0.4 is 29.6 Å². The highest BCUT2D eigenvalue weighted by molar-refractivity contribution is 5.90. The molecule has 5 rings (SSSR count). The predicted octanol–water partition coefficient (Wildman–Crippen LogP) is 5.95. The van der Waals surface area contributed by atoms with Crippen LogP contribution in [-0.4, -0.2) is 33.7 Å². The zero-order valence-electron chi connectivity index (χ0n) is 21.5. The van der Waals surface area contributed by atoms with E-state index in [0.29, 0.717) is 30.3 Å². The predicted molar refractivity (Wildman–Crippen MR) is 144 cm³/mol. The third kappa shape index (κ3) is 4.69. The fourth-order valence-electron chi connectivity index (χ4n) is 5.28. The van der Waals surface area contributed by atoms with E-state index in [9.17, 15) is 4.79 Å². The van der Waals surface area contributed by atoms with E-state index in [-0.39, 0.29) is 23.7 Å². The Kier molecular flexibility index (Phi) is 6.95. The van der Waals surface area contributed by atoms with E-state index in [1.54, 1.807) is 21.3 Å². The zero-order chi connectivity index (χ0) is 25.9. The van der Waals surface area contributed by atoms with Crippen molar-refractivity contribution in [2.45, 2.75) is 25.3 Å². The summed E-state index contributed by atoms with van der Waals surface area (Å²) in [5, 5.41) is 7.21. The van der Waals surface area contributed by atoms with Crippen molar-refractivity contribution in [3.05, 3.63) is 83.6 Å². The SMILES string of the molecule is CCOc1cccc(C2Nc3ccccc3NC3=CC(c4cc(OC)c(OC)c(OC)c4)CC(=O)C32)c1. The molecule has 3 aromatic carbocycles. The van der Waals surface area contributed by atoms with Crippen LogP contribution in [0.4, 0.5) is 11.4 Å². The number of carbonyl (C=O) groups is 1. The third-order valence-corrected chi connectivity index (χ3v) is 6.98. The average molecular weight is 501 g/mol. The lowest BCUT2D eigenvalue weighted by Crippen LogP contribution is -2.33. The summed E-state index contributed by atoms with van der Waals surface area (Å²) in [5.74, 6) is 2.06. The highest BCUT2D eigenvalue weighted by Gasteiger charge is 2.40. The largest absolute Gasteiger partial charge is 0.494 e. The first-order valence-electron chi connectivity index (χ1n) is 12.5. The molecule has 0 bridgehead atoms. The Morgan fingerprint density at radius 1 is 0.865 bits per heavy atom. The minimum atomic E-state index is -0.387. The summed E-state index contributed by atoms with van der Waals surface area (Å²) in [6.07, 6.45) is 2.52. The van der Waals surface area contributed by atoms with Gasteiger partial charge < -0.3 is 29.6 Å². The number of rotatable bonds is 7. The van der Waals surface area contributed by atoms with Gasteiger partial charge in [0.25, 0.3) is 0 Å². The summed E-state index contributed by atoms with van der Waals surface area (Å²) in [7, 11) is 4.77. The maximum atomic E-state index is 13.9. The monoisotopic (exact) mass is 500 g/mol. The van der Waals surface area contributed by atoms with Crippen molar-refractivity contribution < 1.29 is 23.7 Å². The van der Waals surface area contributed by atoms with Gasteiger partial charge in [-0.05, 0) is 54.4 Å². The second-order valence-corrected chi connectivity index (χ2v) is 9.13. The molecule has 0 spiro atoms. The Balaban J connectivity index is 1.61. The molecule has 37 heavy (non-hydrogen) atoms. The van der Waals surface area contributed by atoms with Crippen molar-refractivity contribution in [2.75, 3.05) is 38.6 Å². The van der Waals surface area contributed by atoms with Crippen LogP contribution in [0.1, 0.15) is 36.4 Å². The Labute approximate surface area is 217 Å². The number of para-hydroxylation sites is 2. The molecule has 3 unspecified atom stereocenters. The minimum absolute atomic E-state index is 0.149. The van der Waals surface area contributed by atoms with Gasteiger partial charge in [0.05, 0.1) is 51.3 Å². The van der Waals surface area contributed by atoms with E-state index in [2.05, 4.69) is 16.7 Å². The van der Waals surface area contributed by atoms with E-state index in [1.807, 2.05) is 67.6 Å². The van der Waals surface area contributed by atoms with E-state index in [4.69, 9.17) is 18.9 Å². The number of methoxy groups -OCH3 is 3. The fourth-order valence-corrected chi connectivity index (χ4v) is 5.28. The molecule has 2 aliphatic rings. The lowest BCUT2D eigenvalue weighted by atomic mass is 9.76. The lowest BCUT2D eigenvalue weighted by Gasteiger charge is -2.33. The normalized spacial score (nSPS) is 20.3. The van der Waals surface area contributed by atoms with Gasteiger partial charge in [-0.1, -0.05) is 30.3 Å². The molecule has 7 nitrogen and oxygen atoms in total. The van der Waals surface area contributed by atoms with Crippen LogP contribution in [0.15, 0.2) is 72.4 Å². The van der Waals surface area contributed by atoms with Gasteiger partial charge in [0, 0.05) is 18.0 Å². The molecule has 1 aliphatic heterocycles. The van der Waals surface area contributed by atoms with Gasteiger partial charge in [-0.15, -0.1) is 0 Å². The van der Waals surface area contributed by atoms with Crippen molar-refractivity contribution in [1.29, 1.82) is 0 Å². The Hall–Kier alpha value is -4.13. The van der Waals surface area contributed by atoms with Crippen molar-refractivity contribution in [3.63, 3.8) is 0 Å². The van der Waals surface area contributed by atoms with Crippen LogP contribution >= 0.6 is 0 Å². The molecule has 1 aliphatic carbocycles. The number of fused-ring (bicyclic) bond motifs is 2. The molecule has 2 N–H and O–H groups in total. The highest BCUT2D eigenvalue weighted by Crippen LogP contribution is 2.47. The second-order valence-electron chi connectivity index (χ2n) is 9.13. The van der Waals surface area contributed by atoms with Gasteiger partial charge in [-0.2, -0.15) is 0 Å². The first kappa shape index (κ1) is 24.6. The molecule has 0 fully saturated rings. The molecule has 0 aromatic heterocycles. The molecule has 0 radical (unpaired) electrons. The second kappa shape index (κ2) is 10.5. The Morgan fingerprint density at radius 2 is 1.59 bits per heavy atom. The zero-order valence-corrected chi connectivity index (χ0v) is 21.5. The number of hydrogen-bond acceptors (Lipinski definition) is 7. The van der Waals surface area contributed by atoms with Gasteiger partial charge in [0.15, 0.2) is 11.5 Å². The fraction of sp³-hybridized carbons (Fsp3) is 0.300. The number of allylic oxidation sites excluding steroid dienone is 1. The summed E-state index contributed by atoms with van der Waals surface area (Å²) in [5.41, 5.74) is 4.68. The standard InChI is InChI=1S/C30H32N2O5/c1-5-37-21-10-8-9-18(13-21)29-28-24(31-22-11-6-7-12-23(22)32-29)14-19(15-25(28)33)20-16-26(34-2)30(36-4)27(17-20)35-3/h6-14,16-17,19,28-29,31-32H,5,15H2,1-4H3. The molecular weight excluding hydrogens is 468 g/mol. The van der Waals surface area contributed by atoms with Crippen molar-refractivity contribution in [1.82, 2.24) is 0 Å². The number of carbonyl (C=O) groups excluding carboxylic acids is 1. The highest BCUT2D eigenvalue weighted by atomic mass is 16.5. The van der Waals surface area contributed by atoms with Crippen LogP contribution in [-0.2, 0) is 4.79 Å². The molecular formula is C30H32N2O5. The van der Waals surface area contributed by atoms with Gasteiger partial charge in [0.2, 0.25) is 5.75 Å². The molecule has 3 aromatic rings. The topological polar surface area (TPSA) is 78.1 Å². The number of anilines is 2. The smallest absolute Gasteiger partial charge is 0.203 e. The van der Waals surface area contributed by atoms with Crippen LogP contribution in [0.25, 0.3) is 0 Å². The van der Waals surface area contributed by atoms with E-state index in [1.165, 1.54) is 0 Å². The molecule has 7 heteroatoms. The maximum Gasteiger partial charge on any atom is 0.203 e. The number of benzene rings is 3. The van der Waals surface area contributed by atoms with Gasteiger partial charge in [-0.25, -0.2) is 0 Å². The first-order chi connectivity index (χ1) is 18.1. The third-order valence-electron chi connectivity index (χ3n) is 6.98. The summed E-state index contributed by atoms with van der Waals surface area (Å²) in [4.78, 5) is 13.9. The van der Waals surface area contributed by atoms with Crippen molar-refractivity contribution in [3.8, 4) is 23.0 Å². The van der Waals surface area contributed by atoms with Crippen LogP contribution in [0.5, 0.6) is 23.0 Å². The summed E-state index contributed by atoms with van der Waals surface area (Å²) >= 11 is 0. The van der Waals surface area contributed by atoms with Gasteiger partial charge in [0.1, 0.15) is 11.5 Å². The van der Waals surface area contributed by atoms with Gasteiger partial charge >= 0.3 is 0 Å². The molecule has 0 saturated carbocycles. The summed E-state index contributed by atoms with van der Waals surface area (Å²) < 4.78 is 22.4. The van der Waals surface area contributed by atoms with E-state index >= 15 is 0 Å². The number of nitrogens with one attached hydrogen (secondary N) is 2. The number of ether oxygens (including phenoxy) is 4. The molecule has 0 amide bonds. The van der Waals surface area contributed by atoms with Crippen LogP contribution in [0.3, 0.4) is 0 Å². The van der Waals surface area contributed by atoms with E-state index < -0.39 is 0 Å². The molecule has 192 valence electrons. The summed E-state index contributed by atoms with van der Waals surface area (Å²) in [6.45, 7) is 2.54. The van der Waals surface area contributed by atoms with Crippen molar-refractivity contribution >= 4 is 17.2 Å². The number of Topliss-reactive ketones (excluding diaryl/α,β-unsaturated/α-hetero) is 1. The first-order valence-corrected chi connectivity index (χ1v) is 12.5. The van der Waals surface area contributed by atoms with E-state index in [0.717, 1.165) is 33.9 Å². The molecule has 1 heterocycles. The maximum absolute atomic E-state index is 13.9. The average Bonchev–Trinajstić information content (AvgIpc) is 3.09. The Bertz CT molecular complexity index is 1310. The number of ketones is 1. The molecule has 0 saturated heterocycles. The summed E-state index contributed by atoms with van der Waals surface area (Å²) in [6, 6.07) is 19.6. The number of hydrogen-bond donors (Lipinski definition) is 2. The van der Waals surface area contributed by atoms with Crippen LogP contribution in [0, 0.1) is 5.92 Å². The quantitative estimate of drug-likeness (QED) is 0.415. The Morgan fingerprint density at radius 3 is 2.27 bits per heavy atom. The van der Waals surface area contributed by atoms with Gasteiger partial charge in [-0.3, -0.25) is 4.79 Å².